The molecule has 3 amide bonds. The second-order valence-electron chi connectivity index (χ2n) is 7.76. The lowest BCUT2D eigenvalue weighted by molar-refractivity contribution is -0.130. The molecule has 26 heavy (non-hydrogen) atoms. The first-order chi connectivity index (χ1) is 12.5. The van der Waals surface area contributed by atoms with E-state index < -0.39 is 0 Å². The monoisotopic (exact) mass is 357 g/mol. The Kier molecular flexibility index (Phi) is 6.17. The molecule has 5 nitrogen and oxygen atoms in total. The van der Waals surface area contributed by atoms with Crippen LogP contribution in [-0.4, -0.2) is 54.0 Å². The Hall–Kier alpha value is -2.04. The largest absolute Gasteiger partial charge is 0.343 e. The number of rotatable bonds is 3. The van der Waals surface area contributed by atoms with Crippen LogP contribution in [0.4, 0.5) is 4.79 Å². The molecule has 3 rings (SSSR count). The van der Waals surface area contributed by atoms with Gasteiger partial charge in [-0.3, -0.25) is 4.79 Å². The molecule has 2 aliphatic rings. The van der Waals surface area contributed by atoms with Crippen molar-refractivity contribution in [3.63, 3.8) is 0 Å². The van der Waals surface area contributed by atoms with E-state index >= 15 is 0 Å². The molecule has 1 saturated heterocycles. The third kappa shape index (κ3) is 4.57. The molecule has 0 bridgehead atoms. The fraction of sp³-hybridized carbons (Fsp3) is 0.619. The van der Waals surface area contributed by atoms with Gasteiger partial charge in [0.1, 0.15) is 0 Å². The van der Waals surface area contributed by atoms with Crippen LogP contribution in [0.25, 0.3) is 0 Å². The number of nitrogens with zero attached hydrogens (tertiary/aromatic N) is 2. The topological polar surface area (TPSA) is 52.7 Å². The van der Waals surface area contributed by atoms with Crippen LogP contribution in [0.5, 0.6) is 0 Å². The Bertz CT molecular complexity index is 603. The van der Waals surface area contributed by atoms with Gasteiger partial charge in [0.15, 0.2) is 0 Å². The van der Waals surface area contributed by atoms with Crippen LogP contribution in [-0.2, 0) is 4.79 Å². The Morgan fingerprint density at radius 3 is 2.19 bits per heavy atom. The molecule has 0 radical (unpaired) electrons. The molecule has 0 spiro atoms. The predicted molar refractivity (Wildman–Crippen MR) is 103 cm³/mol. The molecule has 142 valence electrons. The Morgan fingerprint density at radius 1 is 1.00 bits per heavy atom. The number of piperidine rings is 1. The first-order valence-electron chi connectivity index (χ1n) is 9.88. The second kappa shape index (κ2) is 8.56. The number of hydrogen-bond donors (Lipinski definition) is 1. The van der Waals surface area contributed by atoms with E-state index in [0.717, 1.165) is 51.6 Å². The highest BCUT2D eigenvalue weighted by Crippen LogP contribution is 2.32. The van der Waals surface area contributed by atoms with Gasteiger partial charge in [0.25, 0.3) is 0 Å². The van der Waals surface area contributed by atoms with E-state index in [2.05, 4.69) is 35.6 Å². The quantitative estimate of drug-likeness (QED) is 0.902. The van der Waals surface area contributed by atoms with Gasteiger partial charge in [-0.1, -0.05) is 30.3 Å². The lowest BCUT2D eigenvalue weighted by Crippen LogP contribution is -2.51. The van der Waals surface area contributed by atoms with Gasteiger partial charge in [0, 0.05) is 39.1 Å². The van der Waals surface area contributed by atoms with Crippen LogP contribution in [0.15, 0.2) is 30.3 Å². The molecule has 1 aliphatic carbocycles. The molecule has 0 aromatic heterocycles. The Labute approximate surface area is 156 Å². The highest BCUT2D eigenvalue weighted by molar-refractivity contribution is 5.75. The summed E-state index contributed by atoms with van der Waals surface area (Å²) in [5, 5.41) is 3.23. The van der Waals surface area contributed by atoms with Crippen molar-refractivity contribution in [3.05, 3.63) is 35.9 Å². The van der Waals surface area contributed by atoms with Gasteiger partial charge in [-0.25, -0.2) is 4.79 Å². The van der Waals surface area contributed by atoms with Gasteiger partial charge in [0.2, 0.25) is 5.91 Å². The van der Waals surface area contributed by atoms with Crippen molar-refractivity contribution < 1.29 is 9.59 Å². The summed E-state index contributed by atoms with van der Waals surface area (Å²) < 4.78 is 0. The zero-order valence-electron chi connectivity index (χ0n) is 16.0. The highest BCUT2D eigenvalue weighted by Gasteiger charge is 2.29. The van der Waals surface area contributed by atoms with Crippen molar-refractivity contribution in [1.82, 2.24) is 15.1 Å². The van der Waals surface area contributed by atoms with Crippen LogP contribution >= 0.6 is 0 Å². The molecular formula is C21H31N3O2. The van der Waals surface area contributed by atoms with E-state index in [1.54, 1.807) is 6.92 Å². The number of amides is 3. The Morgan fingerprint density at radius 2 is 1.62 bits per heavy atom. The predicted octanol–water partition coefficient (Wildman–Crippen LogP) is 3.37. The van der Waals surface area contributed by atoms with Gasteiger partial charge in [-0.2, -0.15) is 0 Å². The summed E-state index contributed by atoms with van der Waals surface area (Å²) in [4.78, 5) is 27.8. The summed E-state index contributed by atoms with van der Waals surface area (Å²) in [5.41, 5.74) is 1.42. The van der Waals surface area contributed by atoms with Crippen LogP contribution in [0.2, 0.25) is 0 Å². The molecule has 0 atom stereocenters. The number of nitrogens with one attached hydrogen (secondary N) is 1. The van der Waals surface area contributed by atoms with Crippen molar-refractivity contribution in [3.8, 4) is 0 Å². The average molecular weight is 357 g/mol. The van der Waals surface area contributed by atoms with Crippen LogP contribution in [0, 0.1) is 0 Å². The maximum atomic E-state index is 12.6. The Balaban J connectivity index is 1.43. The fourth-order valence-electron chi connectivity index (χ4n) is 4.31. The number of benzene rings is 1. The van der Waals surface area contributed by atoms with Gasteiger partial charge < -0.3 is 15.1 Å². The van der Waals surface area contributed by atoms with E-state index in [1.807, 2.05) is 16.8 Å². The van der Waals surface area contributed by atoms with Gasteiger partial charge in [0.05, 0.1) is 0 Å². The lowest BCUT2D eigenvalue weighted by atomic mass is 9.82. The minimum Gasteiger partial charge on any atom is -0.343 e. The maximum Gasteiger partial charge on any atom is 0.317 e. The number of hydrogen-bond acceptors (Lipinski definition) is 2. The third-order valence-corrected chi connectivity index (χ3v) is 6.10. The zero-order valence-corrected chi connectivity index (χ0v) is 16.0. The summed E-state index contributed by atoms with van der Waals surface area (Å²) in [6.45, 7) is 3.11. The van der Waals surface area contributed by atoms with E-state index in [-0.39, 0.29) is 24.0 Å². The molecule has 1 N–H and O–H groups in total. The van der Waals surface area contributed by atoms with E-state index in [9.17, 15) is 9.59 Å². The standard InChI is InChI=1S/C21H31N3O2/c1-16(25)24-14-12-20(13-15-24)23(2)21(26)22-19-10-8-18(9-11-19)17-6-4-3-5-7-17/h3-7,18-20H,8-15H2,1-2H3,(H,22,26)/t18-,19-. The van der Waals surface area contributed by atoms with Gasteiger partial charge in [-0.15, -0.1) is 0 Å². The second-order valence-corrected chi connectivity index (χ2v) is 7.76. The zero-order chi connectivity index (χ0) is 18.5. The summed E-state index contributed by atoms with van der Waals surface area (Å²) in [7, 11) is 1.89. The summed E-state index contributed by atoms with van der Waals surface area (Å²) in [6, 6.07) is 11.2. The van der Waals surface area contributed by atoms with E-state index in [0.29, 0.717) is 5.92 Å². The van der Waals surface area contributed by atoms with Crippen LogP contribution in [0.3, 0.4) is 0 Å². The minimum absolute atomic E-state index is 0.0365. The molecule has 0 unspecified atom stereocenters. The smallest absolute Gasteiger partial charge is 0.317 e. The number of carbonyl (C=O) groups excluding carboxylic acids is 2. The first kappa shape index (κ1) is 18.7. The molecule has 1 heterocycles. The average Bonchev–Trinajstić information content (AvgIpc) is 2.68. The SMILES string of the molecule is CC(=O)N1CCC(N(C)C(=O)N[C@H]2CC[C@H](c3ccccc3)CC2)CC1. The van der Waals surface area contributed by atoms with Crippen LogP contribution in [0.1, 0.15) is 56.9 Å². The molecule has 1 saturated carbocycles. The first-order valence-corrected chi connectivity index (χ1v) is 9.88. The van der Waals surface area contributed by atoms with Crippen molar-refractivity contribution in [2.45, 2.75) is 63.5 Å². The van der Waals surface area contributed by atoms with E-state index in [4.69, 9.17) is 0 Å². The lowest BCUT2D eigenvalue weighted by Gasteiger charge is -2.37. The minimum atomic E-state index is 0.0365. The molecular weight excluding hydrogens is 326 g/mol. The van der Waals surface area contributed by atoms with Crippen molar-refractivity contribution in [1.29, 1.82) is 0 Å². The van der Waals surface area contributed by atoms with Gasteiger partial charge in [-0.05, 0) is 50.0 Å². The van der Waals surface area contributed by atoms with E-state index in [1.165, 1.54) is 5.56 Å². The van der Waals surface area contributed by atoms with Crippen molar-refractivity contribution >= 4 is 11.9 Å². The summed E-state index contributed by atoms with van der Waals surface area (Å²) >= 11 is 0. The molecule has 1 aliphatic heterocycles. The van der Waals surface area contributed by atoms with Crippen LogP contribution < -0.4 is 5.32 Å². The number of likely N-dealkylation sites (tertiary alicyclic amines) is 1. The third-order valence-electron chi connectivity index (χ3n) is 6.10. The maximum absolute atomic E-state index is 12.6. The summed E-state index contributed by atoms with van der Waals surface area (Å²) in [5.74, 6) is 0.753. The molecule has 2 fully saturated rings. The molecule has 1 aromatic rings. The van der Waals surface area contributed by atoms with Gasteiger partial charge >= 0.3 is 6.03 Å². The number of urea groups is 1. The number of carbonyl (C=O) groups is 2. The normalized spacial score (nSPS) is 24.2. The fourth-order valence-corrected chi connectivity index (χ4v) is 4.31. The molecule has 1 aromatic carbocycles. The molecule has 5 heteroatoms. The van der Waals surface area contributed by atoms with Crippen molar-refractivity contribution in [2.24, 2.45) is 0 Å². The summed E-state index contributed by atoms with van der Waals surface area (Å²) in [6.07, 6.45) is 6.09. The highest BCUT2D eigenvalue weighted by atomic mass is 16.2. The van der Waals surface area contributed by atoms with Crippen molar-refractivity contribution in [2.75, 3.05) is 20.1 Å².